The van der Waals surface area contributed by atoms with Gasteiger partial charge in [-0.25, -0.2) is 0 Å². The van der Waals surface area contributed by atoms with Crippen molar-refractivity contribution in [3.63, 3.8) is 0 Å². The number of amides is 1. The molecule has 0 aliphatic carbocycles. The van der Waals surface area contributed by atoms with Gasteiger partial charge in [-0.2, -0.15) is 5.10 Å². The lowest BCUT2D eigenvalue weighted by atomic mass is 10.0. The maximum atomic E-state index is 12.6. The molecule has 1 aliphatic heterocycles. The maximum absolute atomic E-state index is 12.6. The number of carbonyl (C=O) groups excluding carboxylic acids is 1. The van der Waals surface area contributed by atoms with Gasteiger partial charge in [-0.1, -0.05) is 30.3 Å². The van der Waals surface area contributed by atoms with Crippen LogP contribution in [-0.2, 0) is 17.9 Å². The smallest absolute Gasteiger partial charge is 0.222 e. The van der Waals surface area contributed by atoms with E-state index in [9.17, 15) is 4.79 Å². The molecule has 3 rings (SSSR count). The number of likely N-dealkylation sites (tertiary alicyclic amines) is 1. The summed E-state index contributed by atoms with van der Waals surface area (Å²) < 4.78 is 1.92. The molecule has 1 aromatic heterocycles. The highest BCUT2D eigenvalue weighted by Crippen LogP contribution is 2.20. The Kier molecular flexibility index (Phi) is 6.86. The highest BCUT2D eigenvalue weighted by Gasteiger charge is 2.33. The quantitative estimate of drug-likeness (QED) is 0.758. The number of nitrogens with zero attached hydrogens (tertiary/aromatic N) is 4. The van der Waals surface area contributed by atoms with Crippen LogP contribution >= 0.6 is 0 Å². The summed E-state index contributed by atoms with van der Waals surface area (Å²) in [6.07, 6.45) is 0.464. The Bertz CT molecular complexity index is 770. The third kappa shape index (κ3) is 5.66. The van der Waals surface area contributed by atoms with Crippen molar-refractivity contribution in [1.29, 1.82) is 0 Å². The van der Waals surface area contributed by atoms with Gasteiger partial charge in [-0.05, 0) is 39.6 Å². The van der Waals surface area contributed by atoms with Gasteiger partial charge >= 0.3 is 0 Å². The third-order valence-electron chi connectivity index (χ3n) is 5.37. The van der Waals surface area contributed by atoms with Crippen LogP contribution in [0, 0.1) is 19.8 Å². The largest absolute Gasteiger partial charge is 0.352 e. The highest BCUT2D eigenvalue weighted by molar-refractivity contribution is 5.76. The molecule has 1 amide bonds. The Hall–Kier alpha value is -2.18. The van der Waals surface area contributed by atoms with Gasteiger partial charge in [-0.15, -0.1) is 0 Å². The molecule has 1 aliphatic rings. The van der Waals surface area contributed by atoms with E-state index in [1.165, 1.54) is 5.56 Å². The molecule has 2 atom stereocenters. The van der Waals surface area contributed by atoms with E-state index in [0.29, 0.717) is 18.9 Å². The Balaban J connectivity index is 1.56. The van der Waals surface area contributed by atoms with Crippen LogP contribution in [0.3, 0.4) is 0 Å². The summed E-state index contributed by atoms with van der Waals surface area (Å²) in [5.41, 5.74) is 3.42. The van der Waals surface area contributed by atoms with Gasteiger partial charge in [0.1, 0.15) is 0 Å². The maximum Gasteiger partial charge on any atom is 0.222 e. The van der Waals surface area contributed by atoms with E-state index in [0.717, 1.165) is 37.6 Å². The molecule has 1 N–H and O–H groups in total. The lowest BCUT2D eigenvalue weighted by Crippen LogP contribution is -2.43. The van der Waals surface area contributed by atoms with Crippen molar-refractivity contribution in [3.05, 3.63) is 53.3 Å². The van der Waals surface area contributed by atoms with Crippen molar-refractivity contribution in [2.45, 2.75) is 39.4 Å². The molecule has 1 aromatic carbocycles. The van der Waals surface area contributed by atoms with Crippen LogP contribution in [0.25, 0.3) is 0 Å². The monoisotopic (exact) mass is 383 g/mol. The first-order valence-electron chi connectivity index (χ1n) is 10.1. The second kappa shape index (κ2) is 9.34. The highest BCUT2D eigenvalue weighted by atomic mass is 16.1. The second-order valence-electron chi connectivity index (χ2n) is 8.28. The third-order valence-corrected chi connectivity index (χ3v) is 5.37. The lowest BCUT2D eigenvalue weighted by molar-refractivity contribution is -0.122. The number of benzene rings is 1. The molecule has 0 unspecified atom stereocenters. The minimum absolute atomic E-state index is 0.114. The summed E-state index contributed by atoms with van der Waals surface area (Å²) in [6.45, 7) is 8.47. The fraction of sp³-hybridized carbons (Fsp3) is 0.545. The molecule has 1 saturated heterocycles. The van der Waals surface area contributed by atoms with Gasteiger partial charge in [0.2, 0.25) is 5.91 Å². The molecule has 2 heterocycles. The minimum atomic E-state index is 0.114. The molecule has 0 spiro atoms. The Labute approximate surface area is 168 Å². The van der Waals surface area contributed by atoms with E-state index in [-0.39, 0.29) is 11.9 Å². The molecule has 152 valence electrons. The molecule has 6 heteroatoms. The molecule has 28 heavy (non-hydrogen) atoms. The van der Waals surface area contributed by atoms with Crippen LogP contribution in [0.15, 0.2) is 36.4 Å². The number of rotatable bonds is 8. The number of hydrogen-bond donors (Lipinski definition) is 1. The van der Waals surface area contributed by atoms with Crippen molar-refractivity contribution in [2.24, 2.45) is 5.92 Å². The summed E-state index contributed by atoms with van der Waals surface area (Å²) >= 11 is 0. The van der Waals surface area contributed by atoms with Crippen molar-refractivity contribution in [2.75, 3.05) is 33.7 Å². The first-order valence-corrected chi connectivity index (χ1v) is 10.1. The van der Waals surface area contributed by atoms with E-state index >= 15 is 0 Å². The SMILES string of the molecule is Cc1cc(C)n(CCC(=O)N[C@@H]2CN(Cc3ccccc3)C[C@H]2CN(C)C)n1. The zero-order valence-electron chi connectivity index (χ0n) is 17.6. The molecule has 0 bridgehead atoms. The molecule has 2 aromatic rings. The minimum Gasteiger partial charge on any atom is -0.352 e. The van der Waals surface area contributed by atoms with Crippen LogP contribution in [0.5, 0.6) is 0 Å². The molecule has 0 radical (unpaired) electrons. The summed E-state index contributed by atoms with van der Waals surface area (Å²) in [5.74, 6) is 0.555. The number of aryl methyl sites for hydroxylation is 3. The summed E-state index contributed by atoms with van der Waals surface area (Å²) in [5, 5.41) is 7.75. The summed E-state index contributed by atoms with van der Waals surface area (Å²) in [6, 6.07) is 12.8. The van der Waals surface area contributed by atoms with E-state index in [1.807, 2.05) is 30.7 Å². The van der Waals surface area contributed by atoms with E-state index < -0.39 is 0 Å². The van der Waals surface area contributed by atoms with E-state index in [4.69, 9.17) is 0 Å². The molecular weight excluding hydrogens is 350 g/mol. The Morgan fingerprint density at radius 2 is 1.96 bits per heavy atom. The van der Waals surface area contributed by atoms with Gasteiger partial charge in [-0.3, -0.25) is 14.4 Å². The van der Waals surface area contributed by atoms with Gasteiger partial charge in [0.15, 0.2) is 0 Å². The number of nitrogens with one attached hydrogen (secondary N) is 1. The van der Waals surface area contributed by atoms with Gasteiger partial charge in [0.05, 0.1) is 5.69 Å². The van der Waals surface area contributed by atoms with Crippen LogP contribution in [-0.4, -0.2) is 65.3 Å². The standard InChI is InChI=1S/C22H33N5O/c1-17-12-18(2)27(24-17)11-10-22(28)23-21-16-26(15-20(21)14-25(3)4)13-19-8-6-5-7-9-19/h5-9,12,20-21H,10-11,13-16H2,1-4H3,(H,23,28)/t20-,21-/m1/s1. The average Bonchev–Trinajstić information content (AvgIpc) is 3.15. The zero-order valence-corrected chi connectivity index (χ0v) is 17.6. The average molecular weight is 384 g/mol. The molecular formula is C22H33N5O. The van der Waals surface area contributed by atoms with Crippen molar-refractivity contribution >= 4 is 5.91 Å². The topological polar surface area (TPSA) is 53.4 Å². The summed E-state index contributed by atoms with van der Waals surface area (Å²) in [7, 11) is 4.20. The predicted molar refractivity (Wildman–Crippen MR) is 112 cm³/mol. The summed E-state index contributed by atoms with van der Waals surface area (Å²) in [4.78, 5) is 17.3. The zero-order chi connectivity index (χ0) is 20.1. The first-order chi connectivity index (χ1) is 13.4. The van der Waals surface area contributed by atoms with Crippen molar-refractivity contribution < 1.29 is 4.79 Å². The molecule has 6 nitrogen and oxygen atoms in total. The van der Waals surface area contributed by atoms with E-state index in [1.54, 1.807) is 0 Å². The van der Waals surface area contributed by atoms with Crippen LogP contribution in [0.1, 0.15) is 23.4 Å². The fourth-order valence-electron chi connectivity index (χ4n) is 4.14. The van der Waals surface area contributed by atoms with Crippen molar-refractivity contribution in [1.82, 2.24) is 24.9 Å². The Morgan fingerprint density at radius 3 is 2.61 bits per heavy atom. The van der Waals surface area contributed by atoms with Gasteiger partial charge in [0.25, 0.3) is 0 Å². The van der Waals surface area contributed by atoms with Crippen LogP contribution in [0.4, 0.5) is 0 Å². The van der Waals surface area contributed by atoms with Gasteiger partial charge < -0.3 is 10.2 Å². The number of hydrogen-bond acceptors (Lipinski definition) is 4. The number of aromatic nitrogens is 2. The van der Waals surface area contributed by atoms with Gasteiger partial charge in [0, 0.05) is 56.8 Å². The van der Waals surface area contributed by atoms with E-state index in [2.05, 4.69) is 58.6 Å². The fourth-order valence-corrected chi connectivity index (χ4v) is 4.14. The molecule has 1 fully saturated rings. The first kappa shape index (κ1) is 20.6. The lowest BCUT2D eigenvalue weighted by Gasteiger charge is -2.23. The second-order valence-corrected chi connectivity index (χ2v) is 8.28. The van der Waals surface area contributed by atoms with Crippen molar-refractivity contribution in [3.8, 4) is 0 Å². The number of carbonyl (C=O) groups is 1. The van der Waals surface area contributed by atoms with Crippen LogP contribution in [0.2, 0.25) is 0 Å². The molecule has 0 saturated carbocycles. The Morgan fingerprint density at radius 1 is 1.21 bits per heavy atom. The van der Waals surface area contributed by atoms with Crippen LogP contribution < -0.4 is 5.32 Å². The normalized spacial score (nSPS) is 20.0. The predicted octanol–water partition coefficient (Wildman–Crippen LogP) is 2.07.